The molecule has 160 valence electrons. The van der Waals surface area contributed by atoms with E-state index in [0.717, 1.165) is 49.7 Å². The Hall–Kier alpha value is -1.88. The number of carbonyl (C=O) groups excluding carboxylic acids is 1. The van der Waals surface area contributed by atoms with E-state index in [0.29, 0.717) is 18.3 Å². The minimum atomic E-state index is -4.35. The van der Waals surface area contributed by atoms with E-state index in [-0.39, 0.29) is 23.2 Å². The number of ketones is 1. The zero-order valence-electron chi connectivity index (χ0n) is 17.1. The van der Waals surface area contributed by atoms with Crippen LogP contribution < -0.4 is 0 Å². The standard InChI is InChI=1S/C25H27F3O2/c1-24-13-20(14-2-5-16(6-3-14)25(26,27)28)23-18-9-7-17(29)12-15(18)4-8-19(23)21(24)10-11-22(24)30/h2-3,5-6,12,19-22,30H,4,7-11,13H2,1H3. The molecule has 5 rings (SSSR count). The van der Waals surface area contributed by atoms with Crippen LogP contribution in [0.15, 0.2) is 47.1 Å². The fourth-order valence-electron chi connectivity index (χ4n) is 6.84. The number of aliphatic hydroxyl groups excluding tert-OH is 1. The summed E-state index contributed by atoms with van der Waals surface area (Å²) in [6, 6.07) is 5.60. The van der Waals surface area contributed by atoms with Crippen LogP contribution in [0, 0.1) is 17.3 Å². The first-order valence-corrected chi connectivity index (χ1v) is 11.0. The molecule has 2 saturated carbocycles. The van der Waals surface area contributed by atoms with Crippen LogP contribution in [-0.2, 0) is 11.0 Å². The molecule has 1 aromatic carbocycles. The fraction of sp³-hybridized carbons (Fsp3) is 0.560. The lowest BCUT2D eigenvalue weighted by Crippen LogP contribution is -2.45. The van der Waals surface area contributed by atoms with Gasteiger partial charge in [-0.1, -0.05) is 24.6 Å². The Balaban J connectivity index is 1.64. The number of aliphatic hydroxyl groups is 1. The summed E-state index contributed by atoms with van der Waals surface area (Å²) in [5, 5.41) is 10.8. The van der Waals surface area contributed by atoms with Crippen LogP contribution in [0.2, 0.25) is 0 Å². The molecular weight excluding hydrogens is 389 g/mol. The van der Waals surface area contributed by atoms with E-state index in [1.807, 2.05) is 0 Å². The van der Waals surface area contributed by atoms with E-state index in [4.69, 9.17) is 0 Å². The number of carbonyl (C=O) groups is 1. The Morgan fingerprint density at radius 2 is 1.77 bits per heavy atom. The highest BCUT2D eigenvalue weighted by Crippen LogP contribution is 2.63. The first kappa shape index (κ1) is 20.0. The van der Waals surface area contributed by atoms with Crippen molar-refractivity contribution in [1.82, 2.24) is 0 Å². The average Bonchev–Trinajstić information content (AvgIpc) is 3.01. The summed E-state index contributed by atoms with van der Waals surface area (Å²) < 4.78 is 39.3. The normalized spacial score (nSPS) is 36.2. The molecule has 5 atom stereocenters. The highest BCUT2D eigenvalue weighted by molar-refractivity contribution is 5.93. The number of alkyl halides is 3. The maximum absolute atomic E-state index is 13.1. The van der Waals surface area contributed by atoms with Gasteiger partial charge >= 0.3 is 6.18 Å². The number of halogens is 3. The first-order valence-electron chi connectivity index (χ1n) is 11.0. The Labute approximate surface area is 174 Å². The van der Waals surface area contributed by atoms with E-state index in [1.165, 1.54) is 23.3 Å². The van der Waals surface area contributed by atoms with Gasteiger partial charge in [-0.15, -0.1) is 0 Å². The van der Waals surface area contributed by atoms with Gasteiger partial charge < -0.3 is 5.11 Å². The molecule has 0 saturated heterocycles. The van der Waals surface area contributed by atoms with Crippen molar-refractivity contribution in [3.63, 3.8) is 0 Å². The summed E-state index contributed by atoms with van der Waals surface area (Å²) in [7, 11) is 0. The van der Waals surface area contributed by atoms with Crippen LogP contribution in [0.4, 0.5) is 13.2 Å². The quantitative estimate of drug-likeness (QED) is 0.613. The zero-order valence-corrected chi connectivity index (χ0v) is 17.1. The Kier molecular flexibility index (Phi) is 4.55. The van der Waals surface area contributed by atoms with Crippen LogP contribution in [0.5, 0.6) is 0 Å². The molecule has 2 nitrogen and oxygen atoms in total. The molecule has 4 aliphatic rings. The second-order valence-electron chi connectivity index (χ2n) is 9.80. The van der Waals surface area contributed by atoms with E-state index in [1.54, 1.807) is 18.2 Å². The summed E-state index contributed by atoms with van der Waals surface area (Å²) >= 11 is 0. The molecular formula is C25H27F3O2. The molecule has 5 heteroatoms. The molecule has 0 heterocycles. The third-order valence-electron chi connectivity index (χ3n) is 8.32. The summed E-state index contributed by atoms with van der Waals surface area (Å²) in [5.41, 5.74) is 3.81. The zero-order chi connectivity index (χ0) is 21.3. The summed E-state index contributed by atoms with van der Waals surface area (Å²) in [4.78, 5) is 12.0. The van der Waals surface area contributed by atoms with Crippen LogP contribution in [0.3, 0.4) is 0 Å². The number of allylic oxidation sites excluding steroid dienone is 4. The molecule has 1 N–H and O–H groups in total. The molecule has 0 amide bonds. The molecule has 0 aliphatic heterocycles. The molecule has 0 spiro atoms. The van der Waals surface area contributed by atoms with Gasteiger partial charge in [-0.25, -0.2) is 0 Å². The second kappa shape index (κ2) is 6.81. The Morgan fingerprint density at radius 1 is 1.03 bits per heavy atom. The van der Waals surface area contributed by atoms with Gasteiger partial charge in [0.2, 0.25) is 0 Å². The van der Waals surface area contributed by atoms with Gasteiger partial charge in [0.25, 0.3) is 0 Å². The monoisotopic (exact) mass is 416 g/mol. The Bertz CT molecular complexity index is 940. The minimum Gasteiger partial charge on any atom is -0.393 e. The van der Waals surface area contributed by atoms with Crippen LogP contribution in [-0.4, -0.2) is 17.0 Å². The molecule has 0 bridgehead atoms. The fourth-order valence-corrected chi connectivity index (χ4v) is 6.84. The SMILES string of the molecule is CC12CC(c3ccc(C(F)(F)F)cc3)C3=C4CCC(=O)C=C4CCC3C1CCC2O. The smallest absolute Gasteiger partial charge is 0.393 e. The van der Waals surface area contributed by atoms with Gasteiger partial charge in [-0.2, -0.15) is 13.2 Å². The highest BCUT2D eigenvalue weighted by Gasteiger charge is 2.56. The van der Waals surface area contributed by atoms with E-state index >= 15 is 0 Å². The van der Waals surface area contributed by atoms with Crippen molar-refractivity contribution >= 4 is 5.78 Å². The van der Waals surface area contributed by atoms with Crippen LogP contribution in [0.1, 0.15) is 68.9 Å². The van der Waals surface area contributed by atoms with Crippen molar-refractivity contribution in [2.24, 2.45) is 17.3 Å². The maximum atomic E-state index is 13.1. The maximum Gasteiger partial charge on any atom is 0.416 e. The molecule has 1 aromatic rings. The van der Waals surface area contributed by atoms with E-state index in [2.05, 4.69) is 6.92 Å². The van der Waals surface area contributed by atoms with Crippen molar-refractivity contribution in [3.8, 4) is 0 Å². The van der Waals surface area contributed by atoms with Gasteiger partial charge in [-0.3, -0.25) is 4.79 Å². The summed E-state index contributed by atoms with van der Waals surface area (Å²) in [6.45, 7) is 2.17. The predicted octanol–water partition coefficient (Wildman–Crippen LogP) is 5.97. The van der Waals surface area contributed by atoms with Crippen molar-refractivity contribution in [3.05, 3.63) is 58.2 Å². The van der Waals surface area contributed by atoms with Crippen molar-refractivity contribution in [2.75, 3.05) is 0 Å². The number of hydrogen-bond acceptors (Lipinski definition) is 2. The first-order chi connectivity index (χ1) is 14.2. The number of fused-ring (bicyclic) bond motifs is 4. The van der Waals surface area contributed by atoms with Crippen molar-refractivity contribution in [2.45, 2.75) is 70.1 Å². The minimum absolute atomic E-state index is 0.00168. The number of benzene rings is 1. The van der Waals surface area contributed by atoms with Crippen LogP contribution >= 0.6 is 0 Å². The van der Waals surface area contributed by atoms with E-state index < -0.39 is 11.7 Å². The Morgan fingerprint density at radius 3 is 2.47 bits per heavy atom. The lowest BCUT2D eigenvalue weighted by atomic mass is 9.53. The topological polar surface area (TPSA) is 37.3 Å². The van der Waals surface area contributed by atoms with Crippen molar-refractivity contribution in [1.29, 1.82) is 0 Å². The largest absolute Gasteiger partial charge is 0.416 e. The molecule has 5 unspecified atom stereocenters. The molecule has 2 fully saturated rings. The predicted molar refractivity (Wildman–Crippen MR) is 108 cm³/mol. The van der Waals surface area contributed by atoms with Gasteiger partial charge in [0.15, 0.2) is 5.78 Å². The second-order valence-corrected chi connectivity index (χ2v) is 9.80. The lowest BCUT2D eigenvalue weighted by molar-refractivity contribution is -0.137. The number of hydrogen-bond donors (Lipinski definition) is 1. The van der Waals surface area contributed by atoms with Crippen LogP contribution in [0.25, 0.3) is 0 Å². The van der Waals surface area contributed by atoms with Gasteiger partial charge in [0.1, 0.15) is 0 Å². The average molecular weight is 416 g/mol. The molecule has 4 aliphatic carbocycles. The summed E-state index contributed by atoms with van der Waals surface area (Å²) in [6.07, 6.45) is 2.72. The van der Waals surface area contributed by atoms with Crippen molar-refractivity contribution < 1.29 is 23.1 Å². The van der Waals surface area contributed by atoms with E-state index in [9.17, 15) is 23.1 Å². The highest BCUT2D eigenvalue weighted by atomic mass is 19.4. The molecule has 0 radical (unpaired) electrons. The van der Waals surface area contributed by atoms with Gasteiger partial charge in [-0.05, 0) is 90.7 Å². The number of rotatable bonds is 1. The lowest BCUT2D eigenvalue weighted by Gasteiger charge is -2.52. The third-order valence-corrected chi connectivity index (χ3v) is 8.32. The summed E-state index contributed by atoms with van der Waals surface area (Å²) in [5.74, 6) is 0.919. The third kappa shape index (κ3) is 3.00. The van der Waals surface area contributed by atoms with Gasteiger partial charge in [0, 0.05) is 12.3 Å². The molecule has 30 heavy (non-hydrogen) atoms. The molecule has 0 aromatic heterocycles. The van der Waals surface area contributed by atoms with Gasteiger partial charge in [0.05, 0.1) is 11.7 Å².